The van der Waals surface area contributed by atoms with E-state index in [-0.39, 0.29) is 22.3 Å². The van der Waals surface area contributed by atoms with Crippen LogP contribution < -0.4 is 4.90 Å². The Kier molecular flexibility index (Phi) is 10.5. The molecule has 1 heterocycles. The quantitative estimate of drug-likeness (QED) is 0.270. The van der Waals surface area contributed by atoms with Gasteiger partial charge in [-0.05, 0) is 80.0 Å². The Morgan fingerprint density at radius 2 is 1.60 bits per heavy atom. The molecule has 0 saturated carbocycles. The molecule has 0 radical (unpaired) electrons. The van der Waals surface area contributed by atoms with Crippen LogP contribution in [0, 0.1) is 39.4 Å². The monoisotopic (exact) mass is 634 g/mol. The first-order chi connectivity index (χ1) is 21.5. The van der Waals surface area contributed by atoms with Crippen molar-refractivity contribution in [1.82, 2.24) is 0 Å². The molecule has 0 N–H and O–H groups in total. The lowest BCUT2D eigenvalue weighted by molar-refractivity contribution is 0.0755. The van der Waals surface area contributed by atoms with Gasteiger partial charge in [0.15, 0.2) is 16.9 Å². The summed E-state index contributed by atoms with van der Waals surface area (Å²) in [5.41, 5.74) is 4.66. The van der Waals surface area contributed by atoms with E-state index in [1.807, 2.05) is 30.4 Å². The summed E-state index contributed by atoms with van der Waals surface area (Å²) >= 11 is 12.5. The molecule has 2 aromatic carbocycles. The fraction of sp³-hybridized carbons (Fsp3) is 0.289. The van der Waals surface area contributed by atoms with Crippen LogP contribution in [0.1, 0.15) is 58.6 Å². The number of allylic oxidation sites excluding steroid dienone is 8. The van der Waals surface area contributed by atoms with Crippen molar-refractivity contribution >= 4 is 35.0 Å². The Labute approximate surface area is 276 Å². The van der Waals surface area contributed by atoms with Crippen molar-refractivity contribution in [2.24, 2.45) is 5.41 Å². The van der Waals surface area contributed by atoms with E-state index in [0.717, 1.165) is 37.1 Å². The van der Waals surface area contributed by atoms with E-state index < -0.39 is 5.60 Å². The van der Waals surface area contributed by atoms with Crippen LogP contribution in [0.15, 0.2) is 106 Å². The van der Waals surface area contributed by atoms with Crippen LogP contribution in [0.3, 0.4) is 0 Å². The molecule has 228 valence electrons. The van der Waals surface area contributed by atoms with Crippen molar-refractivity contribution in [1.29, 1.82) is 15.8 Å². The highest BCUT2D eigenvalue weighted by atomic mass is 35.5. The van der Waals surface area contributed by atoms with Crippen LogP contribution in [0.2, 0.25) is 10.0 Å². The van der Waals surface area contributed by atoms with Crippen molar-refractivity contribution < 1.29 is 4.74 Å². The molecule has 0 bridgehead atoms. The SMILES string of the molecule is CCN(CC)c1ccc(/C=C/C2=CC(=C/C=C/C3=C(C#N)C(=C(C#N)C#N)OC3(C)c3ccc(Cl)c(Cl)c3)/CC(C)(C)C2)cc1. The molecule has 1 aliphatic heterocycles. The third kappa shape index (κ3) is 7.44. The molecule has 7 heteroatoms. The van der Waals surface area contributed by atoms with Gasteiger partial charge in [0.05, 0.1) is 10.0 Å². The number of nitriles is 3. The molecule has 2 aromatic rings. The number of halogens is 2. The maximum Gasteiger partial charge on any atom is 0.172 e. The number of hydrogen-bond donors (Lipinski definition) is 0. The van der Waals surface area contributed by atoms with Gasteiger partial charge in [0, 0.05) is 29.9 Å². The number of anilines is 1. The van der Waals surface area contributed by atoms with Crippen LogP contribution in [0.25, 0.3) is 6.08 Å². The fourth-order valence-electron chi connectivity index (χ4n) is 5.91. The van der Waals surface area contributed by atoms with Gasteiger partial charge in [-0.3, -0.25) is 0 Å². The van der Waals surface area contributed by atoms with E-state index in [9.17, 15) is 15.8 Å². The van der Waals surface area contributed by atoms with Crippen LogP contribution >= 0.6 is 23.2 Å². The molecule has 0 fully saturated rings. The van der Waals surface area contributed by atoms with E-state index >= 15 is 0 Å². The van der Waals surface area contributed by atoms with E-state index in [1.54, 1.807) is 25.1 Å². The zero-order valence-electron chi connectivity index (χ0n) is 26.3. The van der Waals surface area contributed by atoms with Gasteiger partial charge in [0.2, 0.25) is 0 Å². The Morgan fingerprint density at radius 1 is 0.911 bits per heavy atom. The van der Waals surface area contributed by atoms with Gasteiger partial charge in [-0.25, -0.2) is 0 Å². The number of rotatable bonds is 8. The smallest absolute Gasteiger partial charge is 0.172 e. The summed E-state index contributed by atoms with van der Waals surface area (Å²) < 4.78 is 6.23. The summed E-state index contributed by atoms with van der Waals surface area (Å²) in [7, 11) is 0. The topological polar surface area (TPSA) is 83.8 Å². The molecule has 0 aromatic heterocycles. The first-order valence-corrected chi connectivity index (χ1v) is 15.7. The second-order valence-corrected chi connectivity index (χ2v) is 12.8. The molecule has 45 heavy (non-hydrogen) atoms. The number of ether oxygens (including phenoxy) is 1. The number of benzene rings is 2. The maximum absolute atomic E-state index is 10.1. The summed E-state index contributed by atoms with van der Waals surface area (Å²) in [6.45, 7) is 12.6. The highest BCUT2D eigenvalue weighted by Crippen LogP contribution is 2.48. The molecule has 4 rings (SSSR count). The highest BCUT2D eigenvalue weighted by molar-refractivity contribution is 6.42. The Morgan fingerprint density at radius 3 is 2.20 bits per heavy atom. The molecule has 0 spiro atoms. The van der Waals surface area contributed by atoms with Crippen molar-refractivity contribution in [3.05, 3.63) is 128 Å². The van der Waals surface area contributed by atoms with E-state index in [4.69, 9.17) is 27.9 Å². The first-order valence-electron chi connectivity index (χ1n) is 14.9. The molecule has 0 saturated heterocycles. The summed E-state index contributed by atoms with van der Waals surface area (Å²) in [5, 5.41) is 30.0. The largest absolute Gasteiger partial charge is 0.474 e. The van der Waals surface area contributed by atoms with E-state index in [1.165, 1.54) is 11.3 Å². The highest BCUT2D eigenvalue weighted by Gasteiger charge is 2.44. The second-order valence-electron chi connectivity index (χ2n) is 12.0. The molecule has 5 nitrogen and oxygen atoms in total. The number of nitrogens with zero attached hydrogens (tertiary/aromatic N) is 4. The normalized spacial score (nSPS) is 20.1. The summed E-state index contributed by atoms with van der Waals surface area (Å²) in [6.07, 6.45) is 14.2. The van der Waals surface area contributed by atoms with Crippen LogP contribution in [0.4, 0.5) is 5.69 Å². The van der Waals surface area contributed by atoms with Crippen LogP contribution in [0.5, 0.6) is 0 Å². The molecule has 1 unspecified atom stereocenters. The van der Waals surface area contributed by atoms with Gasteiger partial charge in [0.25, 0.3) is 0 Å². The van der Waals surface area contributed by atoms with Gasteiger partial charge >= 0.3 is 0 Å². The third-order valence-corrected chi connectivity index (χ3v) is 8.91. The Hall–Kier alpha value is -4.47. The lowest BCUT2D eigenvalue weighted by Gasteiger charge is -2.30. The predicted molar refractivity (Wildman–Crippen MR) is 183 cm³/mol. The van der Waals surface area contributed by atoms with Crippen molar-refractivity contribution in [3.63, 3.8) is 0 Å². The average molecular weight is 636 g/mol. The van der Waals surface area contributed by atoms with Crippen LogP contribution in [-0.2, 0) is 10.3 Å². The van der Waals surface area contributed by atoms with Gasteiger partial charge < -0.3 is 9.64 Å². The Balaban J connectivity index is 1.69. The standard InChI is InChI=1S/C38H36Cl2N4O/c1-6-44(7-2)31-16-13-26(14-17-31)11-12-28-19-27(21-37(3,4)22-28)9-8-10-33-32(25-43)36(29(23-41)24-42)45-38(33,5)30-15-18-34(39)35(40)20-30/h8-20H,6-7,21-22H2,1-5H3/b10-8+,12-11+,27-9-. The zero-order chi connectivity index (χ0) is 32.8. The predicted octanol–water partition coefficient (Wildman–Crippen LogP) is 10.1. The Bertz CT molecular complexity index is 1770. The van der Waals surface area contributed by atoms with Gasteiger partial charge in [-0.1, -0.05) is 91.7 Å². The number of hydrogen-bond acceptors (Lipinski definition) is 5. The molecule has 1 atom stereocenters. The minimum absolute atomic E-state index is 0.0420. The third-order valence-electron chi connectivity index (χ3n) is 8.17. The lowest BCUT2D eigenvalue weighted by atomic mass is 9.75. The van der Waals surface area contributed by atoms with Crippen LogP contribution in [-0.4, -0.2) is 13.1 Å². The molecule has 1 aliphatic carbocycles. The van der Waals surface area contributed by atoms with E-state index in [2.05, 4.69) is 81.2 Å². The minimum Gasteiger partial charge on any atom is -0.474 e. The van der Waals surface area contributed by atoms with Gasteiger partial charge in [0.1, 0.15) is 23.8 Å². The molecule has 0 amide bonds. The summed E-state index contributed by atoms with van der Waals surface area (Å²) in [6, 6.07) is 19.6. The van der Waals surface area contributed by atoms with Crippen molar-refractivity contribution in [3.8, 4) is 18.2 Å². The minimum atomic E-state index is -1.18. The van der Waals surface area contributed by atoms with Crippen molar-refractivity contribution in [2.45, 2.75) is 53.1 Å². The summed E-state index contributed by atoms with van der Waals surface area (Å²) in [5.74, 6) is -0.0420. The van der Waals surface area contributed by atoms with Gasteiger partial charge in [-0.15, -0.1) is 0 Å². The first kappa shape index (κ1) is 33.4. The molecular formula is C38H36Cl2N4O. The van der Waals surface area contributed by atoms with Crippen molar-refractivity contribution in [2.75, 3.05) is 18.0 Å². The van der Waals surface area contributed by atoms with E-state index in [0.29, 0.717) is 21.2 Å². The maximum atomic E-state index is 10.1. The molecule has 2 aliphatic rings. The summed E-state index contributed by atoms with van der Waals surface area (Å²) in [4.78, 5) is 2.33. The molecular weight excluding hydrogens is 599 g/mol. The average Bonchev–Trinajstić information content (AvgIpc) is 3.30. The second kappa shape index (κ2) is 14.1. The van der Waals surface area contributed by atoms with Gasteiger partial charge in [-0.2, -0.15) is 15.8 Å². The fourth-order valence-corrected chi connectivity index (χ4v) is 6.21. The zero-order valence-corrected chi connectivity index (χ0v) is 27.8. The lowest BCUT2D eigenvalue weighted by Crippen LogP contribution is -2.23.